The summed E-state index contributed by atoms with van der Waals surface area (Å²) in [5, 5.41) is 3.65. The third-order valence-corrected chi connectivity index (χ3v) is 6.22. The molecule has 0 radical (unpaired) electrons. The second-order valence-corrected chi connectivity index (χ2v) is 8.79. The number of benzene rings is 3. The first kappa shape index (κ1) is 22.2. The van der Waals surface area contributed by atoms with Gasteiger partial charge in [-0.1, -0.05) is 64.5 Å². The Labute approximate surface area is 201 Å². The number of carbonyl (C=O) groups excluding carboxylic acids is 2. The lowest BCUT2D eigenvalue weighted by molar-refractivity contribution is -0.122. The van der Waals surface area contributed by atoms with E-state index < -0.39 is 6.04 Å². The predicted molar refractivity (Wildman–Crippen MR) is 135 cm³/mol. The van der Waals surface area contributed by atoms with Crippen molar-refractivity contribution in [2.24, 2.45) is 0 Å². The van der Waals surface area contributed by atoms with Gasteiger partial charge >= 0.3 is 0 Å². The maximum absolute atomic E-state index is 13.4. The van der Waals surface area contributed by atoms with E-state index in [2.05, 4.69) is 21.2 Å². The fraction of sp³-hybridized carbons (Fsp3) is 0.160. The van der Waals surface area contributed by atoms with Gasteiger partial charge in [0.05, 0.1) is 12.1 Å². The number of hydrogen-bond donors (Lipinski definition) is 1. The Morgan fingerprint density at radius 2 is 1.59 bits per heavy atom. The number of rotatable bonds is 6. The second kappa shape index (κ2) is 10.1. The molecule has 2 amide bonds. The van der Waals surface area contributed by atoms with Gasteiger partial charge in [0.15, 0.2) is 5.11 Å². The normalized spacial score (nSPS) is 15.7. The van der Waals surface area contributed by atoms with Crippen molar-refractivity contribution >= 4 is 56.4 Å². The number of amides is 2. The maximum atomic E-state index is 13.4. The first-order chi connectivity index (χ1) is 15.5. The van der Waals surface area contributed by atoms with Crippen LogP contribution in [-0.4, -0.2) is 34.4 Å². The van der Waals surface area contributed by atoms with Crippen molar-refractivity contribution in [1.29, 1.82) is 0 Å². The van der Waals surface area contributed by atoms with Gasteiger partial charge in [0, 0.05) is 16.7 Å². The summed E-state index contributed by atoms with van der Waals surface area (Å²) in [6, 6.07) is 26.1. The quantitative estimate of drug-likeness (QED) is 0.374. The largest absolute Gasteiger partial charge is 0.336 e. The Hall–Kier alpha value is -3.03. The molecule has 3 aromatic rings. The van der Waals surface area contributed by atoms with Crippen LogP contribution in [0.4, 0.5) is 11.4 Å². The maximum Gasteiger partial charge on any atom is 0.257 e. The van der Waals surface area contributed by atoms with E-state index in [1.54, 1.807) is 12.1 Å². The summed E-state index contributed by atoms with van der Waals surface area (Å²) in [5.41, 5.74) is 2.54. The molecule has 32 heavy (non-hydrogen) atoms. The number of anilines is 2. The van der Waals surface area contributed by atoms with Gasteiger partial charge in [0.1, 0.15) is 6.04 Å². The number of halogens is 1. The topological polar surface area (TPSA) is 52.7 Å². The summed E-state index contributed by atoms with van der Waals surface area (Å²) in [6.45, 7) is 0.514. The van der Waals surface area contributed by atoms with Crippen LogP contribution in [0.3, 0.4) is 0 Å². The number of hydrogen-bond acceptors (Lipinski definition) is 3. The minimum atomic E-state index is -0.654. The molecule has 1 aliphatic heterocycles. The number of para-hydroxylation sites is 1. The van der Waals surface area contributed by atoms with E-state index in [9.17, 15) is 9.59 Å². The Balaban J connectivity index is 1.58. The van der Waals surface area contributed by atoms with Crippen LogP contribution in [0.1, 0.15) is 12.0 Å². The number of thiocarbonyl (C=S) groups is 1. The van der Waals surface area contributed by atoms with Crippen LogP contribution in [0.2, 0.25) is 0 Å². The Morgan fingerprint density at radius 3 is 2.25 bits per heavy atom. The van der Waals surface area contributed by atoms with Crippen molar-refractivity contribution < 1.29 is 9.59 Å². The Morgan fingerprint density at radius 1 is 0.969 bits per heavy atom. The van der Waals surface area contributed by atoms with Gasteiger partial charge in [-0.05, 0) is 60.6 Å². The van der Waals surface area contributed by atoms with Gasteiger partial charge < -0.3 is 10.2 Å². The Bertz CT molecular complexity index is 1110. The molecule has 0 bridgehead atoms. The van der Waals surface area contributed by atoms with Crippen molar-refractivity contribution in [3.63, 3.8) is 0 Å². The van der Waals surface area contributed by atoms with Gasteiger partial charge in [0.25, 0.3) is 5.91 Å². The highest BCUT2D eigenvalue weighted by Gasteiger charge is 2.43. The van der Waals surface area contributed by atoms with Crippen LogP contribution >= 0.6 is 28.1 Å². The smallest absolute Gasteiger partial charge is 0.257 e. The molecule has 162 valence electrons. The van der Waals surface area contributed by atoms with E-state index in [0.29, 0.717) is 23.8 Å². The standard InChI is InChI=1S/C25H22BrN3O2S/c26-19-11-13-21(14-12-19)29-23(30)17-22(24(29)31)28(16-15-18-7-3-1-4-8-18)25(32)27-20-9-5-2-6-10-20/h1-14,22H,15-17H2,(H,27,32)/t22-/m1/s1. The second-order valence-electron chi connectivity index (χ2n) is 7.49. The molecular formula is C25H22BrN3O2S. The van der Waals surface area contributed by atoms with Crippen LogP contribution in [0.5, 0.6) is 0 Å². The van der Waals surface area contributed by atoms with Crippen molar-refractivity contribution in [2.75, 3.05) is 16.8 Å². The zero-order chi connectivity index (χ0) is 22.5. The third kappa shape index (κ3) is 5.06. The molecule has 0 saturated carbocycles. The summed E-state index contributed by atoms with van der Waals surface area (Å²) in [4.78, 5) is 29.3. The summed E-state index contributed by atoms with van der Waals surface area (Å²) in [7, 11) is 0. The van der Waals surface area contributed by atoms with Crippen LogP contribution in [0.15, 0.2) is 89.4 Å². The lowest BCUT2D eigenvalue weighted by atomic mass is 10.1. The average Bonchev–Trinajstić information content (AvgIpc) is 3.09. The molecule has 0 aromatic heterocycles. The van der Waals surface area contributed by atoms with Gasteiger partial charge in [-0.3, -0.25) is 9.59 Å². The van der Waals surface area contributed by atoms with E-state index in [1.807, 2.05) is 77.7 Å². The van der Waals surface area contributed by atoms with Crippen LogP contribution in [0.25, 0.3) is 0 Å². The van der Waals surface area contributed by atoms with E-state index in [0.717, 1.165) is 15.7 Å². The average molecular weight is 508 g/mol. The lowest BCUT2D eigenvalue weighted by Gasteiger charge is -2.30. The van der Waals surface area contributed by atoms with E-state index in [4.69, 9.17) is 12.2 Å². The fourth-order valence-electron chi connectivity index (χ4n) is 3.73. The van der Waals surface area contributed by atoms with Crippen LogP contribution in [-0.2, 0) is 16.0 Å². The molecule has 1 saturated heterocycles. The summed E-state index contributed by atoms with van der Waals surface area (Å²) in [5.74, 6) is -0.489. The fourth-order valence-corrected chi connectivity index (χ4v) is 4.33. The zero-order valence-corrected chi connectivity index (χ0v) is 19.7. The van der Waals surface area contributed by atoms with Crippen LogP contribution < -0.4 is 10.2 Å². The Kier molecular flexibility index (Phi) is 6.97. The molecule has 1 heterocycles. The van der Waals surface area contributed by atoms with Crippen molar-refractivity contribution in [3.8, 4) is 0 Å². The molecule has 0 aliphatic carbocycles. The minimum Gasteiger partial charge on any atom is -0.336 e. The van der Waals surface area contributed by atoms with Crippen molar-refractivity contribution in [3.05, 3.63) is 95.0 Å². The first-order valence-corrected chi connectivity index (χ1v) is 11.5. The van der Waals surface area contributed by atoms with E-state index in [1.165, 1.54) is 4.90 Å². The summed E-state index contributed by atoms with van der Waals surface area (Å²) in [6.07, 6.45) is 0.786. The SMILES string of the molecule is O=C1C[C@@H](N(CCc2ccccc2)C(=S)Nc2ccccc2)C(=O)N1c1ccc(Br)cc1. The van der Waals surface area contributed by atoms with Crippen molar-refractivity contribution in [1.82, 2.24) is 4.90 Å². The number of imide groups is 1. The number of nitrogens with zero attached hydrogens (tertiary/aromatic N) is 2. The van der Waals surface area contributed by atoms with Crippen molar-refractivity contribution in [2.45, 2.75) is 18.9 Å². The summed E-state index contributed by atoms with van der Waals surface area (Å²) >= 11 is 9.09. The number of nitrogens with one attached hydrogen (secondary N) is 1. The van der Waals surface area contributed by atoms with Gasteiger partial charge in [-0.15, -0.1) is 0 Å². The van der Waals surface area contributed by atoms with Gasteiger partial charge in [-0.2, -0.15) is 0 Å². The highest BCUT2D eigenvalue weighted by Crippen LogP contribution is 2.27. The lowest BCUT2D eigenvalue weighted by Crippen LogP contribution is -2.48. The molecule has 0 unspecified atom stereocenters. The highest BCUT2D eigenvalue weighted by atomic mass is 79.9. The third-order valence-electron chi connectivity index (χ3n) is 5.35. The molecule has 1 N–H and O–H groups in total. The molecule has 7 heteroatoms. The van der Waals surface area contributed by atoms with Crippen LogP contribution in [0, 0.1) is 0 Å². The molecule has 4 rings (SSSR count). The molecule has 1 fully saturated rings. The monoisotopic (exact) mass is 507 g/mol. The highest BCUT2D eigenvalue weighted by molar-refractivity contribution is 9.10. The van der Waals surface area contributed by atoms with E-state index >= 15 is 0 Å². The van der Waals surface area contributed by atoms with Gasteiger partial charge in [-0.25, -0.2) is 4.90 Å². The molecule has 3 aromatic carbocycles. The number of carbonyl (C=O) groups is 2. The molecule has 0 spiro atoms. The molecule has 1 atom stereocenters. The zero-order valence-electron chi connectivity index (χ0n) is 17.3. The first-order valence-electron chi connectivity index (χ1n) is 10.3. The van der Waals surface area contributed by atoms with Gasteiger partial charge in [0.2, 0.25) is 5.91 Å². The minimum absolute atomic E-state index is 0.0836. The van der Waals surface area contributed by atoms with E-state index in [-0.39, 0.29) is 18.2 Å². The molecule has 5 nitrogen and oxygen atoms in total. The predicted octanol–water partition coefficient (Wildman–Crippen LogP) is 5.02. The molecular weight excluding hydrogens is 486 g/mol. The summed E-state index contributed by atoms with van der Waals surface area (Å²) < 4.78 is 0.884. The molecule has 1 aliphatic rings.